The first-order chi connectivity index (χ1) is 11.7. The Morgan fingerprint density at radius 1 is 1.08 bits per heavy atom. The van der Waals surface area contributed by atoms with E-state index in [0.717, 1.165) is 11.1 Å². The molecule has 2 aromatic heterocycles. The fourth-order valence-corrected chi connectivity index (χ4v) is 2.50. The number of fused-ring (bicyclic) bond motifs is 1. The molecule has 0 fully saturated rings. The molecule has 118 valence electrons. The molecule has 0 aliphatic carbocycles. The quantitative estimate of drug-likeness (QED) is 0.581. The third kappa shape index (κ3) is 2.58. The van der Waals surface area contributed by atoms with Crippen LogP contribution >= 0.6 is 0 Å². The summed E-state index contributed by atoms with van der Waals surface area (Å²) in [5.74, 6) is 0.872. The topological polar surface area (TPSA) is 73.8 Å². The van der Waals surface area contributed by atoms with Gasteiger partial charge < -0.3 is 4.52 Å². The number of rotatable bonds is 3. The molecule has 2 heterocycles. The fourth-order valence-electron chi connectivity index (χ4n) is 2.50. The highest BCUT2D eigenvalue weighted by atomic mass is 16.5. The smallest absolute Gasteiger partial charge is 0.261 e. The molecule has 0 radical (unpaired) electrons. The van der Waals surface area contributed by atoms with Crippen molar-refractivity contribution in [2.45, 2.75) is 13.5 Å². The summed E-state index contributed by atoms with van der Waals surface area (Å²) in [7, 11) is 0. The summed E-state index contributed by atoms with van der Waals surface area (Å²) in [6.45, 7) is 2.21. The van der Waals surface area contributed by atoms with Gasteiger partial charge >= 0.3 is 0 Å². The van der Waals surface area contributed by atoms with Crippen LogP contribution in [0.3, 0.4) is 0 Å². The van der Waals surface area contributed by atoms with Crippen LogP contribution in [0.15, 0.2) is 64.2 Å². The normalized spacial score (nSPS) is 11.0. The largest absolute Gasteiger partial charge is 0.337 e. The van der Waals surface area contributed by atoms with Gasteiger partial charge in [-0.2, -0.15) is 4.98 Å². The minimum atomic E-state index is -0.129. The van der Waals surface area contributed by atoms with Crippen LogP contribution in [0, 0.1) is 6.92 Å². The van der Waals surface area contributed by atoms with Crippen LogP contribution in [-0.4, -0.2) is 19.7 Å². The maximum atomic E-state index is 12.5. The molecule has 0 atom stereocenters. The van der Waals surface area contributed by atoms with Crippen LogP contribution in [0.25, 0.3) is 22.3 Å². The lowest BCUT2D eigenvalue weighted by Crippen LogP contribution is -2.21. The van der Waals surface area contributed by atoms with Gasteiger partial charge in [-0.3, -0.25) is 9.36 Å². The predicted molar refractivity (Wildman–Crippen MR) is 89.6 cm³/mol. The lowest BCUT2D eigenvalue weighted by atomic mass is 10.1. The van der Waals surface area contributed by atoms with Gasteiger partial charge in [0, 0.05) is 5.56 Å². The molecule has 0 N–H and O–H groups in total. The van der Waals surface area contributed by atoms with Crippen LogP contribution in [0.4, 0.5) is 0 Å². The standard InChI is InChI=1S/C18H14N4O2/c1-12-6-8-13(9-7-12)17-20-16(24-21-17)10-22-11-19-15-5-3-2-4-14(15)18(22)23/h2-9,11H,10H2,1H3. The summed E-state index contributed by atoms with van der Waals surface area (Å²) >= 11 is 0. The van der Waals surface area contributed by atoms with Crippen molar-refractivity contribution in [2.75, 3.05) is 0 Å². The molecule has 0 amide bonds. The van der Waals surface area contributed by atoms with Gasteiger partial charge in [-0.25, -0.2) is 4.98 Å². The van der Waals surface area contributed by atoms with E-state index in [9.17, 15) is 4.79 Å². The highest BCUT2D eigenvalue weighted by Gasteiger charge is 2.11. The average Bonchev–Trinajstić information content (AvgIpc) is 3.07. The summed E-state index contributed by atoms with van der Waals surface area (Å²) in [6, 6.07) is 15.1. The molecule has 0 saturated carbocycles. The van der Waals surface area contributed by atoms with Crippen molar-refractivity contribution in [1.82, 2.24) is 19.7 Å². The van der Waals surface area contributed by atoms with Crippen LogP contribution in [0.2, 0.25) is 0 Å². The molecule has 2 aromatic carbocycles. The van der Waals surface area contributed by atoms with Gasteiger partial charge in [0.05, 0.1) is 17.2 Å². The average molecular weight is 318 g/mol. The Bertz CT molecular complexity index is 1060. The predicted octanol–water partition coefficient (Wildman–Crippen LogP) is 2.80. The number of hydrogen-bond donors (Lipinski definition) is 0. The summed E-state index contributed by atoms with van der Waals surface area (Å²) in [6.07, 6.45) is 1.50. The maximum Gasteiger partial charge on any atom is 0.261 e. The lowest BCUT2D eigenvalue weighted by Gasteiger charge is -2.03. The molecule has 0 bridgehead atoms. The minimum absolute atomic E-state index is 0.129. The van der Waals surface area contributed by atoms with Crippen LogP contribution in [0.5, 0.6) is 0 Å². The zero-order valence-corrected chi connectivity index (χ0v) is 13.0. The van der Waals surface area contributed by atoms with E-state index in [1.54, 1.807) is 6.07 Å². The summed E-state index contributed by atoms with van der Waals surface area (Å²) in [5.41, 5.74) is 2.58. The minimum Gasteiger partial charge on any atom is -0.337 e. The first-order valence-electron chi connectivity index (χ1n) is 7.54. The van der Waals surface area contributed by atoms with E-state index < -0.39 is 0 Å². The van der Waals surface area contributed by atoms with Gasteiger partial charge in [-0.15, -0.1) is 0 Å². The molecule has 4 aromatic rings. The molecule has 0 spiro atoms. The van der Waals surface area contributed by atoms with Gasteiger partial charge in [-0.1, -0.05) is 47.1 Å². The zero-order valence-electron chi connectivity index (χ0n) is 13.0. The number of benzene rings is 2. The number of para-hydroxylation sites is 1. The van der Waals surface area contributed by atoms with E-state index >= 15 is 0 Å². The van der Waals surface area contributed by atoms with E-state index in [1.165, 1.54) is 10.9 Å². The van der Waals surface area contributed by atoms with Crippen molar-refractivity contribution in [3.05, 3.63) is 76.7 Å². The van der Waals surface area contributed by atoms with Gasteiger partial charge in [0.2, 0.25) is 11.7 Å². The first kappa shape index (κ1) is 14.3. The van der Waals surface area contributed by atoms with Crippen LogP contribution in [0.1, 0.15) is 11.5 Å². The third-order valence-electron chi connectivity index (χ3n) is 3.81. The van der Waals surface area contributed by atoms with Crippen LogP contribution < -0.4 is 5.56 Å². The fraction of sp³-hybridized carbons (Fsp3) is 0.111. The first-order valence-corrected chi connectivity index (χ1v) is 7.54. The number of aryl methyl sites for hydroxylation is 1. The van der Waals surface area contributed by atoms with Gasteiger partial charge in [0.1, 0.15) is 6.54 Å². The third-order valence-corrected chi connectivity index (χ3v) is 3.81. The zero-order chi connectivity index (χ0) is 16.5. The molecule has 0 aliphatic heterocycles. The number of aromatic nitrogens is 4. The Kier molecular flexibility index (Phi) is 3.42. The monoisotopic (exact) mass is 318 g/mol. The summed E-state index contributed by atoms with van der Waals surface area (Å²) < 4.78 is 6.74. The highest BCUT2D eigenvalue weighted by Crippen LogP contribution is 2.16. The Hall–Kier alpha value is -3.28. The number of hydrogen-bond acceptors (Lipinski definition) is 5. The van der Waals surface area contributed by atoms with Crippen molar-refractivity contribution < 1.29 is 4.52 Å². The van der Waals surface area contributed by atoms with E-state index in [1.807, 2.05) is 49.4 Å². The Morgan fingerprint density at radius 3 is 2.71 bits per heavy atom. The molecule has 24 heavy (non-hydrogen) atoms. The van der Waals surface area contributed by atoms with Crippen molar-refractivity contribution >= 4 is 10.9 Å². The Labute approximate surface area is 137 Å². The van der Waals surface area contributed by atoms with E-state index in [-0.39, 0.29) is 12.1 Å². The molecule has 4 rings (SSSR count). The van der Waals surface area contributed by atoms with E-state index in [2.05, 4.69) is 15.1 Å². The molecular formula is C18H14N4O2. The van der Waals surface area contributed by atoms with Crippen molar-refractivity contribution in [3.8, 4) is 11.4 Å². The summed E-state index contributed by atoms with van der Waals surface area (Å²) in [5, 5.41) is 4.55. The van der Waals surface area contributed by atoms with Crippen molar-refractivity contribution in [3.63, 3.8) is 0 Å². The van der Waals surface area contributed by atoms with Gasteiger partial charge in [-0.05, 0) is 19.1 Å². The second-order valence-corrected chi connectivity index (χ2v) is 5.57. The van der Waals surface area contributed by atoms with Gasteiger partial charge in [0.15, 0.2) is 0 Å². The summed E-state index contributed by atoms with van der Waals surface area (Å²) in [4.78, 5) is 21.1. The highest BCUT2D eigenvalue weighted by molar-refractivity contribution is 5.76. The molecule has 0 unspecified atom stereocenters. The molecular weight excluding hydrogens is 304 g/mol. The van der Waals surface area contributed by atoms with Crippen molar-refractivity contribution in [1.29, 1.82) is 0 Å². The van der Waals surface area contributed by atoms with Crippen molar-refractivity contribution in [2.24, 2.45) is 0 Å². The van der Waals surface area contributed by atoms with Crippen LogP contribution in [-0.2, 0) is 6.54 Å². The second kappa shape index (κ2) is 5.73. The Balaban J connectivity index is 1.66. The van der Waals surface area contributed by atoms with E-state index in [0.29, 0.717) is 22.6 Å². The maximum absolute atomic E-state index is 12.5. The van der Waals surface area contributed by atoms with E-state index in [4.69, 9.17) is 4.52 Å². The molecule has 0 aliphatic rings. The lowest BCUT2D eigenvalue weighted by molar-refractivity contribution is 0.369. The Morgan fingerprint density at radius 2 is 1.88 bits per heavy atom. The molecule has 6 heteroatoms. The van der Waals surface area contributed by atoms with Gasteiger partial charge in [0.25, 0.3) is 5.56 Å². The number of nitrogens with zero attached hydrogens (tertiary/aromatic N) is 4. The molecule has 6 nitrogen and oxygen atoms in total. The second-order valence-electron chi connectivity index (χ2n) is 5.57. The SMILES string of the molecule is Cc1ccc(-c2noc(Cn3cnc4ccccc4c3=O)n2)cc1. The molecule has 0 saturated heterocycles.